The number of carbonyl (C=O) groups is 2. The van der Waals surface area contributed by atoms with E-state index in [0.29, 0.717) is 32.0 Å². The van der Waals surface area contributed by atoms with Gasteiger partial charge >= 0.3 is 7.12 Å². The van der Waals surface area contributed by atoms with Crippen LogP contribution in [0.2, 0.25) is 0 Å². The molecular formula is C30H42BN3O4. The summed E-state index contributed by atoms with van der Waals surface area (Å²) in [5.41, 5.74) is 1.80. The summed E-state index contributed by atoms with van der Waals surface area (Å²) in [6, 6.07) is 8.04. The summed E-state index contributed by atoms with van der Waals surface area (Å²) < 4.78 is 12.8. The van der Waals surface area contributed by atoms with Crippen LogP contribution < -0.4 is 10.4 Å². The molecule has 7 nitrogen and oxygen atoms in total. The average Bonchev–Trinajstić information content (AvgIpc) is 3.57. The highest BCUT2D eigenvalue weighted by Crippen LogP contribution is 2.52. The van der Waals surface area contributed by atoms with E-state index in [0.717, 1.165) is 41.5 Å². The van der Waals surface area contributed by atoms with E-state index >= 15 is 0 Å². The Balaban J connectivity index is 1.19. The Morgan fingerprint density at radius 2 is 1.63 bits per heavy atom. The first-order valence-corrected chi connectivity index (χ1v) is 14.8. The molecule has 0 unspecified atom stereocenters. The van der Waals surface area contributed by atoms with Crippen LogP contribution in [0.15, 0.2) is 18.2 Å². The molecule has 1 spiro atoms. The molecule has 204 valence electrons. The van der Waals surface area contributed by atoms with Crippen molar-refractivity contribution in [1.29, 1.82) is 0 Å². The van der Waals surface area contributed by atoms with Crippen molar-refractivity contribution >= 4 is 30.1 Å². The maximum absolute atomic E-state index is 14.4. The van der Waals surface area contributed by atoms with Crippen molar-refractivity contribution in [2.45, 2.75) is 114 Å². The predicted octanol–water partition coefficient (Wildman–Crippen LogP) is 3.23. The topological polar surface area (TPSA) is 62.3 Å². The number of likely N-dealkylation sites (tertiary alicyclic amines) is 2. The molecule has 2 atom stereocenters. The van der Waals surface area contributed by atoms with Crippen molar-refractivity contribution in [2.24, 2.45) is 5.92 Å². The monoisotopic (exact) mass is 519 g/mol. The Morgan fingerprint density at radius 3 is 2.21 bits per heavy atom. The normalized spacial score (nSPS) is 34.8. The van der Waals surface area contributed by atoms with E-state index < -0.39 is 23.7 Å². The van der Waals surface area contributed by atoms with Crippen LogP contribution in [-0.2, 0) is 24.3 Å². The van der Waals surface area contributed by atoms with E-state index in [-0.39, 0.29) is 17.9 Å². The quantitative estimate of drug-likeness (QED) is 0.574. The van der Waals surface area contributed by atoms with Crippen molar-refractivity contribution in [2.75, 3.05) is 24.5 Å². The smallest absolute Gasteiger partial charge is 0.399 e. The van der Waals surface area contributed by atoms with Crippen LogP contribution in [0.3, 0.4) is 0 Å². The summed E-state index contributed by atoms with van der Waals surface area (Å²) in [6.45, 7) is 12.5. The standard InChI is InChI=1S/C30H42BN3O4/c1-19(35)32-12-10-30(11-13-32)25-9-7-21(31-37-28(2,3)29(4,5)38-31)15-26(25)34(27(30)36)24-16-23(17-24)33-18-20-6-8-22(33)14-20/h7,9,15,20,22-24H,6,8,10-14,16-18H2,1-5H3/t20-,22+,23-,24+/m0/s1. The van der Waals surface area contributed by atoms with Crippen molar-refractivity contribution in [1.82, 2.24) is 9.80 Å². The molecule has 7 rings (SSSR count). The first-order valence-electron chi connectivity index (χ1n) is 14.8. The van der Waals surface area contributed by atoms with Gasteiger partial charge in [0.2, 0.25) is 11.8 Å². The van der Waals surface area contributed by atoms with Crippen molar-refractivity contribution in [3.8, 4) is 0 Å². The van der Waals surface area contributed by atoms with Gasteiger partial charge in [-0.1, -0.05) is 12.1 Å². The first kappa shape index (κ1) is 25.1. The fraction of sp³-hybridized carbons (Fsp3) is 0.733. The number of nitrogens with zero attached hydrogens (tertiary/aromatic N) is 3. The summed E-state index contributed by atoms with van der Waals surface area (Å²) >= 11 is 0. The van der Waals surface area contributed by atoms with E-state index in [1.807, 2.05) is 4.90 Å². The summed E-state index contributed by atoms with van der Waals surface area (Å²) in [5, 5.41) is 0. The molecule has 6 aliphatic rings. The van der Waals surface area contributed by atoms with Crippen LogP contribution in [0.4, 0.5) is 5.69 Å². The maximum atomic E-state index is 14.4. The average molecular weight is 519 g/mol. The molecule has 0 N–H and O–H groups in total. The third-order valence-corrected chi connectivity index (χ3v) is 11.4. The zero-order chi connectivity index (χ0) is 26.6. The third kappa shape index (κ3) is 3.52. The van der Waals surface area contributed by atoms with Gasteiger partial charge in [0.15, 0.2) is 0 Å². The molecule has 8 heteroatoms. The van der Waals surface area contributed by atoms with Crippen LogP contribution in [0.1, 0.15) is 85.1 Å². The van der Waals surface area contributed by atoms with Gasteiger partial charge in [0, 0.05) is 50.4 Å². The summed E-state index contributed by atoms with van der Waals surface area (Å²) in [6.07, 6.45) is 7.63. The Morgan fingerprint density at radius 1 is 0.947 bits per heavy atom. The number of piperidine rings is 2. The molecule has 3 saturated heterocycles. The number of anilines is 1. The molecule has 38 heavy (non-hydrogen) atoms. The van der Waals surface area contributed by atoms with Gasteiger partial charge in [0.25, 0.3) is 0 Å². The van der Waals surface area contributed by atoms with E-state index in [1.165, 1.54) is 25.8 Å². The Labute approximate surface area is 227 Å². The lowest BCUT2D eigenvalue weighted by molar-refractivity contribution is -0.134. The highest BCUT2D eigenvalue weighted by atomic mass is 16.7. The largest absolute Gasteiger partial charge is 0.494 e. The van der Waals surface area contributed by atoms with Crippen LogP contribution in [0.5, 0.6) is 0 Å². The van der Waals surface area contributed by atoms with E-state index in [2.05, 4.69) is 55.7 Å². The summed E-state index contributed by atoms with van der Waals surface area (Å²) in [4.78, 5) is 33.3. The number of benzene rings is 1. The lowest BCUT2D eigenvalue weighted by Gasteiger charge is -2.48. The third-order valence-electron chi connectivity index (χ3n) is 11.4. The highest BCUT2D eigenvalue weighted by Gasteiger charge is 2.57. The highest BCUT2D eigenvalue weighted by molar-refractivity contribution is 6.62. The molecule has 2 aliphatic carbocycles. The van der Waals surface area contributed by atoms with E-state index in [9.17, 15) is 9.59 Å². The zero-order valence-electron chi connectivity index (χ0n) is 23.7. The van der Waals surface area contributed by atoms with Gasteiger partial charge in [-0.05, 0) is 95.7 Å². The summed E-state index contributed by atoms with van der Waals surface area (Å²) in [5.74, 6) is 1.23. The maximum Gasteiger partial charge on any atom is 0.494 e. The molecule has 4 heterocycles. The second-order valence-electron chi connectivity index (χ2n) is 13.9. The first-order chi connectivity index (χ1) is 18.0. The zero-order valence-corrected chi connectivity index (χ0v) is 23.7. The fourth-order valence-corrected chi connectivity index (χ4v) is 8.23. The molecule has 2 saturated carbocycles. The van der Waals surface area contributed by atoms with Gasteiger partial charge in [-0.15, -0.1) is 0 Å². The van der Waals surface area contributed by atoms with Gasteiger partial charge in [-0.2, -0.15) is 0 Å². The lowest BCUT2D eigenvalue weighted by atomic mass is 9.71. The molecule has 1 aromatic rings. The van der Waals surface area contributed by atoms with Crippen LogP contribution in [-0.4, -0.2) is 77.7 Å². The van der Waals surface area contributed by atoms with Crippen molar-refractivity contribution < 1.29 is 18.9 Å². The minimum Gasteiger partial charge on any atom is -0.399 e. The van der Waals surface area contributed by atoms with Crippen LogP contribution in [0, 0.1) is 5.92 Å². The second-order valence-corrected chi connectivity index (χ2v) is 13.9. The lowest BCUT2D eigenvalue weighted by Crippen LogP contribution is -2.59. The second kappa shape index (κ2) is 8.31. The number of hydrogen-bond acceptors (Lipinski definition) is 5. The predicted molar refractivity (Wildman–Crippen MR) is 147 cm³/mol. The molecule has 1 aromatic carbocycles. The molecule has 0 radical (unpaired) electrons. The Bertz CT molecular complexity index is 1150. The number of fused-ring (bicyclic) bond motifs is 4. The van der Waals surface area contributed by atoms with Crippen molar-refractivity contribution in [3.63, 3.8) is 0 Å². The fourth-order valence-electron chi connectivity index (χ4n) is 8.23. The van der Waals surface area contributed by atoms with Gasteiger partial charge in [-0.3, -0.25) is 14.5 Å². The summed E-state index contributed by atoms with van der Waals surface area (Å²) in [7, 11) is -0.451. The van der Waals surface area contributed by atoms with E-state index in [1.54, 1.807) is 6.92 Å². The Hall–Kier alpha value is -1.90. The van der Waals surface area contributed by atoms with Gasteiger partial charge in [0.1, 0.15) is 0 Å². The molecule has 4 aliphatic heterocycles. The Kier molecular flexibility index (Phi) is 5.49. The molecule has 2 bridgehead atoms. The number of hydrogen-bond donors (Lipinski definition) is 0. The molecule has 5 fully saturated rings. The number of rotatable bonds is 3. The molecule has 2 amide bonds. The van der Waals surface area contributed by atoms with Gasteiger partial charge in [0.05, 0.1) is 16.6 Å². The SMILES string of the molecule is CC(=O)N1CCC2(CC1)C(=O)N([C@H]1C[C@@H](N3C[C@H]4CC[C@@H]3C4)C1)c1cc(B3OC(C)(C)C(C)(C)O3)ccc12. The van der Waals surface area contributed by atoms with Crippen LogP contribution >= 0.6 is 0 Å². The van der Waals surface area contributed by atoms with E-state index in [4.69, 9.17) is 9.31 Å². The molecular weight excluding hydrogens is 477 g/mol. The molecule has 0 aromatic heterocycles. The number of amides is 2. The van der Waals surface area contributed by atoms with Crippen LogP contribution in [0.25, 0.3) is 0 Å². The number of carbonyl (C=O) groups excluding carboxylic acids is 2. The van der Waals surface area contributed by atoms with Gasteiger partial charge < -0.3 is 19.1 Å². The van der Waals surface area contributed by atoms with Gasteiger partial charge in [-0.25, -0.2) is 0 Å². The minimum atomic E-state index is -0.534. The minimum absolute atomic E-state index is 0.0974. The van der Waals surface area contributed by atoms with Crippen molar-refractivity contribution in [3.05, 3.63) is 23.8 Å².